The summed E-state index contributed by atoms with van der Waals surface area (Å²) in [6.45, 7) is 3.97. The number of hydrogen-bond acceptors (Lipinski definition) is 9. The van der Waals surface area contributed by atoms with Crippen molar-refractivity contribution in [2.75, 3.05) is 26.1 Å². The molecule has 0 aliphatic heterocycles. The summed E-state index contributed by atoms with van der Waals surface area (Å²) in [5.74, 6) is 2.85. The van der Waals surface area contributed by atoms with Gasteiger partial charge in [0.1, 0.15) is 23.3 Å². The number of aromatic nitrogens is 5. The molecule has 4 aromatic rings. The molecule has 2 aromatic carbocycles. The molecule has 0 spiro atoms. The molecular weight excluding hydrogens is 500 g/mol. The van der Waals surface area contributed by atoms with Crippen molar-refractivity contribution < 1.29 is 14.2 Å². The normalized spacial score (nSPS) is 12.7. The summed E-state index contributed by atoms with van der Waals surface area (Å²) in [7, 11) is 4.86. The fourth-order valence-corrected chi connectivity index (χ4v) is 4.66. The molecule has 0 radical (unpaired) electrons. The van der Waals surface area contributed by atoms with Crippen molar-refractivity contribution in [2.45, 2.75) is 25.2 Å². The molecule has 11 heteroatoms. The Morgan fingerprint density at radius 2 is 1.64 bits per heavy atom. The Morgan fingerprint density at radius 3 is 2.25 bits per heavy atom. The third-order valence-corrected chi connectivity index (χ3v) is 6.60. The summed E-state index contributed by atoms with van der Waals surface area (Å²) in [6.07, 6.45) is 3.22. The molecule has 9 nitrogen and oxygen atoms in total. The van der Waals surface area contributed by atoms with E-state index in [1.165, 1.54) is 11.9 Å². The number of halogens is 1. The number of ether oxygens (including phenoxy) is 3. The van der Waals surface area contributed by atoms with Crippen LogP contribution in [0.5, 0.6) is 11.5 Å². The molecule has 0 saturated carbocycles. The number of nitrogens with one attached hydrogen (secondary N) is 1. The molecule has 0 amide bonds. The highest BCUT2D eigenvalue weighted by Crippen LogP contribution is 2.39. The number of rotatable bonds is 10. The van der Waals surface area contributed by atoms with Crippen LogP contribution in [0.4, 0.5) is 5.95 Å². The van der Waals surface area contributed by atoms with E-state index in [1.807, 2.05) is 60.9 Å². The van der Waals surface area contributed by atoms with Crippen LogP contribution in [0, 0.1) is 6.92 Å². The fraction of sp³-hybridized carbons (Fsp3) is 0.280. The summed E-state index contributed by atoms with van der Waals surface area (Å²) in [5, 5.41) is 9.44. The minimum atomic E-state index is -0.340. The number of para-hydroxylation sites is 1. The Hall–Kier alpha value is -3.34. The fourth-order valence-electron chi connectivity index (χ4n) is 3.69. The zero-order valence-corrected chi connectivity index (χ0v) is 22.2. The summed E-state index contributed by atoms with van der Waals surface area (Å²) in [4.78, 5) is 8.86. The van der Waals surface area contributed by atoms with Gasteiger partial charge in [-0.1, -0.05) is 29.8 Å². The van der Waals surface area contributed by atoms with E-state index in [-0.39, 0.29) is 11.4 Å². The van der Waals surface area contributed by atoms with E-state index in [9.17, 15) is 0 Å². The first kappa shape index (κ1) is 25.7. The molecule has 1 N–H and O–H groups in total. The Morgan fingerprint density at radius 1 is 0.972 bits per heavy atom. The predicted octanol–water partition coefficient (Wildman–Crippen LogP) is 5.54. The molecule has 0 bridgehead atoms. The molecule has 2 aromatic heterocycles. The van der Waals surface area contributed by atoms with Crippen molar-refractivity contribution in [1.82, 2.24) is 24.7 Å². The molecule has 2 atom stereocenters. The molecule has 0 fully saturated rings. The lowest BCUT2D eigenvalue weighted by Crippen LogP contribution is -2.19. The maximum absolute atomic E-state index is 6.29. The quantitative estimate of drug-likeness (QED) is 0.267. The molecule has 2 unspecified atom stereocenters. The molecule has 0 saturated heterocycles. The average Bonchev–Trinajstić information content (AvgIpc) is 3.31. The maximum Gasteiger partial charge on any atom is 0.239 e. The van der Waals surface area contributed by atoms with E-state index >= 15 is 0 Å². The Balaban J connectivity index is 1.73. The van der Waals surface area contributed by atoms with Crippen molar-refractivity contribution in [3.8, 4) is 28.6 Å². The van der Waals surface area contributed by atoms with Crippen LogP contribution < -0.4 is 14.2 Å². The number of hydrogen-bond donors (Lipinski definition) is 1. The number of aryl methyl sites for hydroxylation is 1. The van der Waals surface area contributed by atoms with Gasteiger partial charge in [-0.25, -0.2) is 9.97 Å². The van der Waals surface area contributed by atoms with E-state index in [4.69, 9.17) is 25.8 Å². The van der Waals surface area contributed by atoms with Crippen LogP contribution in [0.2, 0.25) is 5.02 Å². The third-order valence-electron chi connectivity index (χ3n) is 5.44. The summed E-state index contributed by atoms with van der Waals surface area (Å²) >= 11 is 7.71. The highest BCUT2D eigenvalue weighted by Gasteiger charge is 2.26. The van der Waals surface area contributed by atoms with Gasteiger partial charge >= 0.3 is 0 Å². The average molecular weight is 527 g/mol. The maximum atomic E-state index is 6.29. The molecule has 0 aliphatic carbocycles. The molecule has 4 rings (SSSR count). The van der Waals surface area contributed by atoms with Crippen molar-refractivity contribution in [3.63, 3.8) is 0 Å². The minimum absolute atomic E-state index is 0.0722. The summed E-state index contributed by atoms with van der Waals surface area (Å²) < 4.78 is 22.3. The van der Waals surface area contributed by atoms with Crippen LogP contribution in [0.1, 0.15) is 24.4 Å². The number of nitrogens with zero attached hydrogens (tertiary/aromatic N) is 5. The van der Waals surface area contributed by atoms with Gasteiger partial charge in [-0.15, -0.1) is 10.2 Å². The topological polar surface area (TPSA) is 96.2 Å². The third kappa shape index (κ3) is 5.40. The van der Waals surface area contributed by atoms with Gasteiger partial charge in [-0.3, -0.25) is 9.29 Å². The van der Waals surface area contributed by atoms with Gasteiger partial charge in [0.2, 0.25) is 5.95 Å². The predicted molar refractivity (Wildman–Crippen MR) is 142 cm³/mol. The molecule has 2 heterocycles. The van der Waals surface area contributed by atoms with Crippen LogP contribution in [0.25, 0.3) is 17.1 Å². The number of anilines is 1. The highest BCUT2D eigenvalue weighted by molar-refractivity contribution is 8.01. The van der Waals surface area contributed by atoms with Gasteiger partial charge in [-0.2, -0.15) is 0 Å². The lowest BCUT2D eigenvalue weighted by molar-refractivity contribution is 0.0972. The van der Waals surface area contributed by atoms with E-state index in [1.54, 1.807) is 33.7 Å². The van der Waals surface area contributed by atoms with E-state index in [2.05, 4.69) is 24.9 Å². The first-order valence-corrected chi connectivity index (χ1v) is 12.4. The van der Waals surface area contributed by atoms with Crippen LogP contribution in [-0.4, -0.2) is 51.3 Å². The van der Waals surface area contributed by atoms with E-state index in [0.717, 1.165) is 11.1 Å². The van der Waals surface area contributed by atoms with Gasteiger partial charge in [-0.05, 0) is 55.6 Å². The Bertz CT molecular complexity index is 1300. The number of benzene rings is 2. The van der Waals surface area contributed by atoms with Gasteiger partial charge in [0.05, 0.1) is 19.5 Å². The van der Waals surface area contributed by atoms with Crippen LogP contribution in [0.3, 0.4) is 0 Å². The smallest absolute Gasteiger partial charge is 0.239 e. The molecule has 36 heavy (non-hydrogen) atoms. The van der Waals surface area contributed by atoms with E-state index < -0.39 is 0 Å². The summed E-state index contributed by atoms with van der Waals surface area (Å²) in [6, 6.07) is 13.0. The number of methoxy groups -OCH3 is 3. The highest BCUT2D eigenvalue weighted by atomic mass is 35.5. The second kappa shape index (κ2) is 11.6. The Labute approximate surface area is 219 Å². The second-order valence-electron chi connectivity index (χ2n) is 7.90. The molecule has 0 aliphatic rings. The standard InChI is InChI=1S/C25H27ClN6O3S/c1-15-13-27-23(28-14-15)22(35-5)16(2)36-31-25-30-29-24(17-8-6-9-18(26)12-17)32(25)21-19(33-3)10-7-11-20(21)34-4/h6-14,16,22H,1-5H3,(H,30,31). The minimum Gasteiger partial charge on any atom is -0.494 e. The van der Waals surface area contributed by atoms with Crippen LogP contribution >= 0.6 is 23.5 Å². The van der Waals surface area contributed by atoms with Crippen molar-refractivity contribution in [3.05, 3.63) is 71.3 Å². The first-order valence-electron chi connectivity index (χ1n) is 11.1. The lowest BCUT2D eigenvalue weighted by atomic mass is 10.2. The van der Waals surface area contributed by atoms with Crippen molar-refractivity contribution in [2.24, 2.45) is 0 Å². The Kier molecular flexibility index (Phi) is 8.29. The summed E-state index contributed by atoms with van der Waals surface area (Å²) in [5.41, 5.74) is 2.43. The first-order chi connectivity index (χ1) is 17.5. The monoisotopic (exact) mass is 526 g/mol. The van der Waals surface area contributed by atoms with Crippen molar-refractivity contribution >= 4 is 29.5 Å². The van der Waals surface area contributed by atoms with Crippen molar-refractivity contribution in [1.29, 1.82) is 0 Å². The van der Waals surface area contributed by atoms with Crippen LogP contribution in [0.15, 0.2) is 54.9 Å². The molecular formula is C25H27ClN6O3S. The zero-order chi connectivity index (χ0) is 25.7. The largest absolute Gasteiger partial charge is 0.494 e. The van der Waals surface area contributed by atoms with Gasteiger partial charge in [0.15, 0.2) is 11.6 Å². The second-order valence-corrected chi connectivity index (χ2v) is 9.52. The molecule has 188 valence electrons. The van der Waals surface area contributed by atoms with Gasteiger partial charge in [0.25, 0.3) is 0 Å². The van der Waals surface area contributed by atoms with E-state index in [0.29, 0.717) is 39.8 Å². The lowest BCUT2D eigenvalue weighted by Gasteiger charge is -2.22. The van der Waals surface area contributed by atoms with Crippen LogP contribution in [-0.2, 0) is 4.74 Å². The van der Waals surface area contributed by atoms with Gasteiger partial charge in [0, 0.05) is 30.1 Å². The SMILES string of the molecule is COc1cccc(OC)c1-n1c(NSC(C)C(OC)c2ncc(C)cn2)nnc1-c1cccc(Cl)c1. The van der Waals surface area contributed by atoms with Gasteiger partial charge < -0.3 is 14.2 Å². The zero-order valence-electron chi connectivity index (χ0n) is 20.6.